The summed E-state index contributed by atoms with van der Waals surface area (Å²) >= 11 is 0. The molecule has 2 heterocycles. The fourth-order valence-corrected chi connectivity index (χ4v) is 5.32. The number of amides is 1. The second-order valence-corrected chi connectivity index (χ2v) is 8.21. The lowest BCUT2D eigenvalue weighted by Gasteiger charge is -2.43. The molecule has 3 aliphatic rings. The molecule has 3 atom stereocenters. The van der Waals surface area contributed by atoms with Crippen LogP contribution in [0.1, 0.15) is 50.2 Å². The number of carbonyl (C=O) groups excluding carboxylic acids is 1. The number of piperidine rings is 1. The number of hydrogen-bond acceptors (Lipinski definition) is 3. The summed E-state index contributed by atoms with van der Waals surface area (Å²) in [5, 5.41) is 14.1. The van der Waals surface area contributed by atoms with Crippen LogP contribution in [0.15, 0.2) is 30.3 Å². The van der Waals surface area contributed by atoms with Crippen molar-refractivity contribution in [3.05, 3.63) is 35.9 Å². The van der Waals surface area contributed by atoms with E-state index in [2.05, 4.69) is 10.2 Å². The predicted octanol–water partition coefficient (Wildman–Crippen LogP) is 2.74. The molecule has 1 unspecified atom stereocenters. The van der Waals surface area contributed by atoms with Gasteiger partial charge in [-0.2, -0.15) is 0 Å². The molecule has 1 saturated carbocycles. The Morgan fingerprint density at radius 3 is 2.68 bits per heavy atom. The monoisotopic (exact) mass is 342 g/mol. The van der Waals surface area contributed by atoms with Crippen LogP contribution in [0.3, 0.4) is 0 Å². The zero-order chi connectivity index (χ0) is 17.3. The highest BCUT2D eigenvalue weighted by Gasteiger charge is 2.51. The van der Waals surface area contributed by atoms with Crippen molar-refractivity contribution in [1.29, 1.82) is 0 Å². The van der Waals surface area contributed by atoms with Crippen molar-refractivity contribution >= 4 is 5.91 Å². The maximum atomic E-state index is 13.3. The minimum Gasteiger partial charge on any atom is -0.388 e. The Balaban J connectivity index is 1.39. The van der Waals surface area contributed by atoms with Gasteiger partial charge in [-0.25, -0.2) is 0 Å². The third kappa shape index (κ3) is 3.11. The molecule has 2 aliphatic heterocycles. The van der Waals surface area contributed by atoms with Gasteiger partial charge in [-0.05, 0) is 49.6 Å². The maximum absolute atomic E-state index is 13.3. The summed E-state index contributed by atoms with van der Waals surface area (Å²) in [6, 6.07) is 9.93. The molecule has 0 radical (unpaired) electrons. The Labute approximate surface area is 150 Å². The van der Waals surface area contributed by atoms with Crippen molar-refractivity contribution in [2.45, 2.75) is 44.6 Å². The third-order valence-corrected chi connectivity index (χ3v) is 6.88. The number of aliphatic hydroxyl groups is 1. The van der Waals surface area contributed by atoms with Crippen molar-refractivity contribution < 1.29 is 9.90 Å². The van der Waals surface area contributed by atoms with Crippen molar-refractivity contribution in [2.24, 2.45) is 17.3 Å². The Kier molecular flexibility index (Phi) is 4.83. The summed E-state index contributed by atoms with van der Waals surface area (Å²) in [7, 11) is 0. The van der Waals surface area contributed by atoms with E-state index in [0.29, 0.717) is 11.8 Å². The van der Waals surface area contributed by atoms with Gasteiger partial charge in [0.05, 0.1) is 11.5 Å². The van der Waals surface area contributed by atoms with E-state index in [1.807, 2.05) is 30.3 Å². The van der Waals surface area contributed by atoms with Gasteiger partial charge >= 0.3 is 0 Å². The number of benzene rings is 1. The fraction of sp³-hybridized carbons (Fsp3) is 0.667. The number of aliphatic hydroxyl groups excluding tert-OH is 1. The molecule has 4 heteroatoms. The number of nitrogens with one attached hydrogen (secondary N) is 1. The first-order chi connectivity index (χ1) is 12.2. The van der Waals surface area contributed by atoms with Gasteiger partial charge in [-0.3, -0.25) is 4.79 Å². The van der Waals surface area contributed by atoms with Crippen LogP contribution < -0.4 is 5.32 Å². The van der Waals surface area contributed by atoms with Gasteiger partial charge in [0.15, 0.2) is 0 Å². The van der Waals surface area contributed by atoms with Crippen LogP contribution in [0.4, 0.5) is 0 Å². The first kappa shape index (κ1) is 17.0. The van der Waals surface area contributed by atoms with Gasteiger partial charge < -0.3 is 15.3 Å². The van der Waals surface area contributed by atoms with Crippen LogP contribution in [0, 0.1) is 17.3 Å². The van der Waals surface area contributed by atoms with Crippen molar-refractivity contribution in [2.75, 3.05) is 26.2 Å². The van der Waals surface area contributed by atoms with E-state index < -0.39 is 6.10 Å². The largest absolute Gasteiger partial charge is 0.388 e. The fourth-order valence-electron chi connectivity index (χ4n) is 5.32. The van der Waals surface area contributed by atoms with Gasteiger partial charge in [0, 0.05) is 19.6 Å². The zero-order valence-electron chi connectivity index (χ0n) is 15.0. The number of fused-ring (bicyclic) bond motifs is 1. The van der Waals surface area contributed by atoms with Gasteiger partial charge in [-0.15, -0.1) is 0 Å². The molecular weight excluding hydrogens is 312 g/mol. The molecule has 1 aliphatic carbocycles. The van der Waals surface area contributed by atoms with E-state index in [-0.39, 0.29) is 11.3 Å². The number of rotatable bonds is 3. The van der Waals surface area contributed by atoms with E-state index in [1.165, 1.54) is 19.3 Å². The number of hydrogen-bond donors (Lipinski definition) is 2. The van der Waals surface area contributed by atoms with Crippen LogP contribution >= 0.6 is 0 Å². The minimum absolute atomic E-state index is 0.136. The molecule has 25 heavy (non-hydrogen) atoms. The smallest absolute Gasteiger partial charge is 0.230 e. The molecular formula is C21H30N2O2. The van der Waals surface area contributed by atoms with Gasteiger partial charge in [0.2, 0.25) is 5.91 Å². The molecule has 1 amide bonds. The molecule has 1 aromatic carbocycles. The quantitative estimate of drug-likeness (QED) is 0.888. The molecule has 2 N–H and O–H groups in total. The van der Waals surface area contributed by atoms with Crippen LogP contribution in [-0.2, 0) is 4.79 Å². The summed E-state index contributed by atoms with van der Waals surface area (Å²) in [5.41, 5.74) is 0.863. The second-order valence-electron chi connectivity index (χ2n) is 8.21. The summed E-state index contributed by atoms with van der Waals surface area (Å²) < 4.78 is 0. The van der Waals surface area contributed by atoms with Gasteiger partial charge in [0.25, 0.3) is 0 Å². The molecule has 0 bridgehead atoms. The molecule has 0 aromatic heterocycles. The lowest BCUT2D eigenvalue weighted by Crippen LogP contribution is -2.52. The number of carbonyl (C=O) groups is 1. The molecule has 1 aromatic rings. The van der Waals surface area contributed by atoms with Crippen molar-refractivity contribution in [1.82, 2.24) is 10.2 Å². The first-order valence-electron chi connectivity index (χ1n) is 9.94. The molecule has 4 rings (SSSR count). The van der Waals surface area contributed by atoms with Crippen LogP contribution in [-0.4, -0.2) is 42.1 Å². The SMILES string of the molecule is O=C(N1CCC(C(O)c2ccccc2)CC1)[C@@]12CCCC[C@H]1CNC2. The lowest BCUT2D eigenvalue weighted by atomic mass is 9.67. The van der Waals surface area contributed by atoms with E-state index in [1.54, 1.807) is 0 Å². The van der Waals surface area contributed by atoms with Gasteiger partial charge in [0.1, 0.15) is 0 Å². The highest BCUT2D eigenvalue weighted by molar-refractivity contribution is 5.84. The van der Waals surface area contributed by atoms with Crippen molar-refractivity contribution in [3.8, 4) is 0 Å². The molecule has 3 fully saturated rings. The predicted molar refractivity (Wildman–Crippen MR) is 98.0 cm³/mol. The molecule has 2 saturated heterocycles. The van der Waals surface area contributed by atoms with E-state index >= 15 is 0 Å². The van der Waals surface area contributed by atoms with Crippen LogP contribution in [0.2, 0.25) is 0 Å². The average Bonchev–Trinajstić information content (AvgIpc) is 3.13. The Morgan fingerprint density at radius 1 is 1.16 bits per heavy atom. The van der Waals surface area contributed by atoms with Crippen LogP contribution in [0.5, 0.6) is 0 Å². The topological polar surface area (TPSA) is 52.6 Å². The van der Waals surface area contributed by atoms with Crippen molar-refractivity contribution in [3.63, 3.8) is 0 Å². The normalized spacial score (nSPS) is 31.6. The van der Waals surface area contributed by atoms with E-state index in [0.717, 1.165) is 51.0 Å². The molecule has 4 nitrogen and oxygen atoms in total. The molecule has 136 valence electrons. The zero-order valence-corrected chi connectivity index (χ0v) is 15.0. The van der Waals surface area contributed by atoms with Crippen LogP contribution in [0.25, 0.3) is 0 Å². The Hall–Kier alpha value is -1.39. The molecule has 0 spiro atoms. The van der Waals surface area contributed by atoms with E-state index in [9.17, 15) is 9.90 Å². The standard InChI is InChI=1S/C21H30N2O2/c24-19(16-6-2-1-3-7-16)17-9-12-23(13-10-17)20(25)21-11-5-4-8-18(21)14-22-15-21/h1-3,6-7,17-19,22,24H,4-5,8-15H2/t18-,19?,21+/m0/s1. The lowest BCUT2D eigenvalue weighted by molar-refractivity contribution is -0.147. The average molecular weight is 342 g/mol. The number of likely N-dealkylation sites (tertiary alicyclic amines) is 1. The van der Waals surface area contributed by atoms with Gasteiger partial charge in [-0.1, -0.05) is 43.2 Å². The minimum atomic E-state index is -0.410. The summed E-state index contributed by atoms with van der Waals surface area (Å²) in [5.74, 6) is 1.17. The Bertz CT molecular complexity index is 597. The first-order valence-corrected chi connectivity index (χ1v) is 9.94. The summed E-state index contributed by atoms with van der Waals surface area (Å²) in [6.07, 6.45) is 6.09. The van der Waals surface area contributed by atoms with E-state index in [4.69, 9.17) is 0 Å². The highest BCUT2D eigenvalue weighted by Crippen LogP contribution is 2.45. The second kappa shape index (κ2) is 7.08. The number of nitrogens with zero attached hydrogens (tertiary/aromatic N) is 1. The summed E-state index contributed by atoms with van der Waals surface area (Å²) in [6.45, 7) is 3.46. The summed E-state index contributed by atoms with van der Waals surface area (Å²) in [4.78, 5) is 15.4. The third-order valence-electron chi connectivity index (χ3n) is 6.88. The maximum Gasteiger partial charge on any atom is 0.230 e. The highest BCUT2D eigenvalue weighted by atomic mass is 16.3. The Morgan fingerprint density at radius 2 is 1.92 bits per heavy atom.